The summed E-state index contributed by atoms with van der Waals surface area (Å²) in [6.45, 7) is 0.823. The lowest BCUT2D eigenvalue weighted by atomic mass is 9.72. The standard InChI is InChI=1S/C14H15BrN4O/c15-7-5-10-12(18-6-7)9(1-3-17-10)19-13-11(16)8-2-4-20-14(8)13/h1,3,5-6,8,11,13-14H,2,4,16H2,(H,17,19). The molecule has 1 aliphatic carbocycles. The molecule has 5 nitrogen and oxygen atoms in total. The highest BCUT2D eigenvalue weighted by Gasteiger charge is 2.52. The summed E-state index contributed by atoms with van der Waals surface area (Å²) in [6.07, 6.45) is 4.89. The minimum atomic E-state index is 0.154. The average molecular weight is 335 g/mol. The topological polar surface area (TPSA) is 73.1 Å². The lowest BCUT2D eigenvalue weighted by Gasteiger charge is -2.46. The van der Waals surface area contributed by atoms with Crippen molar-refractivity contribution in [1.29, 1.82) is 0 Å². The van der Waals surface area contributed by atoms with E-state index in [1.807, 2.05) is 12.1 Å². The third-order valence-corrected chi connectivity index (χ3v) is 4.75. The smallest absolute Gasteiger partial charge is 0.112 e. The number of hydrogen-bond donors (Lipinski definition) is 2. The maximum atomic E-state index is 6.24. The van der Waals surface area contributed by atoms with E-state index < -0.39 is 0 Å². The SMILES string of the molecule is NC1C2CCOC2C1Nc1ccnc2cc(Br)cnc12. The van der Waals surface area contributed by atoms with Crippen molar-refractivity contribution >= 4 is 32.7 Å². The van der Waals surface area contributed by atoms with Gasteiger partial charge in [0.2, 0.25) is 0 Å². The van der Waals surface area contributed by atoms with Gasteiger partial charge in [-0.3, -0.25) is 9.97 Å². The van der Waals surface area contributed by atoms with Crippen LogP contribution in [-0.4, -0.2) is 34.8 Å². The van der Waals surface area contributed by atoms with Gasteiger partial charge in [-0.05, 0) is 34.5 Å². The van der Waals surface area contributed by atoms with Crippen LogP contribution in [0.1, 0.15) is 6.42 Å². The van der Waals surface area contributed by atoms with E-state index in [4.69, 9.17) is 10.5 Å². The van der Waals surface area contributed by atoms with Crippen molar-refractivity contribution in [3.63, 3.8) is 0 Å². The summed E-state index contributed by atoms with van der Waals surface area (Å²) >= 11 is 3.42. The monoisotopic (exact) mass is 334 g/mol. The van der Waals surface area contributed by atoms with E-state index in [-0.39, 0.29) is 18.2 Å². The number of anilines is 1. The van der Waals surface area contributed by atoms with Gasteiger partial charge in [-0.2, -0.15) is 0 Å². The van der Waals surface area contributed by atoms with Crippen LogP contribution in [0.15, 0.2) is 29.0 Å². The highest BCUT2D eigenvalue weighted by molar-refractivity contribution is 9.10. The molecule has 1 saturated carbocycles. The van der Waals surface area contributed by atoms with Crippen molar-refractivity contribution in [2.45, 2.75) is 24.6 Å². The second kappa shape index (κ2) is 4.65. The largest absolute Gasteiger partial charge is 0.376 e. The highest BCUT2D eigenvalue weighted by Crippen LogP contribution is 2.39. The van der Waals surface area contributed by atoms with Crippen LogP contribution in [0.2, 0.25) is 0 Å². The van der Waals surface area contributed by atoms with Crippen LogP contribution in [0, 0.1) is 5.92 Å². The summed E-state index contributed by atoms with van der Waals surface area (Å²) in [5, 5.41) is 3.49. The first kappa shape index (κ1) is 12.5. The fourth-order valence-corrected chi connectivity index (χ4v) is 3.55. The molecule has 3 N–H and O–H groups in total. The maximum Gasteiger partial charge on any atom is 0.112 e. The van der Waals surface area contributed by atoms with Crippen molar-refractivity contribution in [2.24, 2.45) is 11.7 Å². The summed E-state index contributed by atoms with van der Waals surface area (Å²) in [6, 6.07) is 4.22. The Balaban J connectivity index is 1.66. The molecular weight excluding hydrogens is 320 g/mol. The van der Waals surface area contributed by atoms with Gasteiger partial charge in [0.25, 0.3) is 0 Å². The molecule has 2 aliphatic rings. The van der Waals surface area contributed by atoms with Crippen LogP contribution in [-0.2, 0) is 4.74 Å². The molecule has 2 fully saturated rings. The number of nitrogens with zero attached hydrogens (tertiary/aromatic N) is 2. The quantitative estimate of drug-likeness (QED) is 0.877. The highest BCUT2D eigenvalue weighted by atomic mass is 79.9. The summed E-state index contributed by atoms with van der Waals surface area (Å²) in [5.74, 6) is 0.503. The first-order valence-electron chi connectivity index (χ1n) is 6.78. The number of nitrogens with two attached hydrogens (primary N) is 1. The molecule has 0 spiro atoms. The number of aromatic nitrogens is 2. The van der Waals surface area contributed by atoms with Crippen LogP contribution in [0.5, 0.6) is 0 Å². The molecule has 4 rings (SSSR count). The molecule has 104 valence electrons. The molecule has 0 aromatic carbocycles. The van der Waals surface area contributed by atoms with E-state index in [0.717, 1.165) is 34.2 Å². The Morgan fingerprint density at radius 3 is 3.20 bits per heavy atom. The van der Waals surface area contributed by atoms with Gasteiger partial charge in [-0.25, -0.2) is 0 Å². The molecule has 0 radical (unpaired) electrons. The number of nitrogens with one attached hydrogen (secondary N) is 1. The summed E-state index contributed by atoms with van der Waals surface area (Å²) in [4.78, 5) is 8.79. The predicted octanol–water partition coefficient (Wildman–Crippen LogP) is 1.92. The van der Waals surface area contributed by atoms with Crippen molar-refractivity contribution < 1.29 is 4.74 Å². The Morgan fingerprint density at radius 1 is 1.40 bits per heavy atom. The van der Waals surface area contributed by atoms with E-state index in [1.165, 1.54) is 0 Å². The Bertz CT molecular complexity index is 665. The predicted molar refractivity (Wildman–Crippen MR) is 80.5 cm³/mol. The summed E-state index contributed by atoms with van der Waals surface area (Å²) in [7, 11) is 0. The average Bonchev–Trinajstić information content (AvgIpc) is 2.89. The fraction of sp³-hybridized carbons (Fsp3) is 0.429. The molecule has 6 heteroatoms. The third kappa shape index (κ3) is 1.82. The number of ether oxygens (including phenoxy) is 1. The van der Waals surface area contributed by atoms with E-state index in [9.17, 15) is 0 Å². The first-order valence-corrected chi connectivity index (χ1v) is 7.57. The first-order chi connectivity index (χ1) is 9.74. The molecule has 1 saturated heterocycles. The van der Waals surface area contributed by atoms with Crippen LogP contribution in [0.4, 0.5) is 5.69 Å². The number of pyridine rings is 2. The molecule has 3 heterocycles. The van der Waals surface area contributed by atoms with Crippen LogP contribution < -0.4 is 11.1 Å². The number of rotatable bonds is 2. The number of hydrogen-bond acceptors (Lipinski definition) is 5. The second-order valence-corrected chi connectivity index (χ2v) is 6.33. The molecule has 4 unspecified atom stereocenters. The normalized spacial score (nSPS) is 31.9. The van der Waals surface area contributed by atoms with Crippen molar-refractivity contribution in [1.82, 2.24) is 9.97 Å². The van der Waals surface area contributed by atoms with Crippen LogP contribution in [0.25, 0.3) is 11.0 Å². The minimum Gasteiger partial charge on any atom is -0.376 e. The van der Waals surface area contributed by atoms with Crippen LogP contribution >= 0.6 is 15.9 Å². The van der Waals surface area contributed by atoms with Gasteiger partial charge in [0.1, 0.15) is 5.52 Å². The van der Waals surface area contributed by atoms with Crippen molar-refractivity contribution in [2.75, 3.05) is 11.9 Å². The third-order valence-electron chi connectivity index (χ3n) is 4.31. The van der Waals surface area contributed by atoms with Gasteiger partial charge in [-0.1, -0.05) is 0 Å². The van der Waals surface area contributed by atoms with Gasteiger partial charge in [-0.15, -0.1) is 0 Å². The molecular formula is C14H15BrN4O. The number of fused-ring (bicyclic) bond motifs is 2. The Labute approximate surface area is 125 Å². The van der Waals surface area contributed by atoms with Crippen LogP contribution in [0.3, 0.4) is 0 Å². The molecule has 20 heavy (non-hydrogen) atoms. The Morgan fingerprint density at radius 2 is 2.30 bits per heavy atom. The van der Waals surface area contributed by atoms with Gasteiger partial charge < -0.3 is 15.8 Å². The van der Waals surface area contributed by atoms with E-state index in [1.54, 1.807) is 12.4 Å². The molecule has 2 aromatic rings. The zero-order chi connectivity index (χ0) is 13.7. The summed E-state index contributed by atoms with van der Waals surface area (Å²) < 4.78 is 6.68. The fourth-order valence-electron chi connectivity index (χ4n) is 3.23. The molecule has 1 aliphatic heterocycles. The van der Waals surface area contributed by atoms with Gasteiger partial charge in [0.05, 0.1) is 23.3 Å². The lowest BCUT2D eigenvalue weighted by molar-refractivity contribution is 0.00542. The molecule has 2 aromatic heterocycles. The van der Waals surface area contributed by atoms with E-state index in [0.29, 0.717) is 5.92 Å². The van der Waals surface area contributed by atoms with Crippen molar-refractivity contribution in [3.05, 3.63) is 29.0 Å². The summed E-state index contributed by atoms with van der Waals surface area (Å²) in [5.41, 5.74) is 8.93. The Hall–Kier alpha value is -1.24. The minimum absolute atomic E-state index is 0.154. The molecule has 0 bridgehead atoms. The maximum absolute atomic E-state index is 6.24. The Kier molecular flexibility index (Phi) is 2.90. The van der Waals surface area contributed by atoms with Gasteiger partial charge >= 0.3 is 0 Å². The number of halogens is 1. The molecule has 4 atom stereocenters. The van der Waals surface area contributed by atoms with Gasteiger partial charge in [0, 0.05) is 35.4 Å². The van der Waals surface area contributed by atoms with E-state index >= 15 is 0 Å². The molecule has 0 amide bonds. The van der Waals surface area contributed by atoms with E-state index in [2.05, 4.69) is 31.2 Å². The second-order valence-electron chi connectivity index (χ2n) is 5.42. The zero-order valence-electron chi connectivity index (χ0n) is 10.8. The van der Waals surface area contributed by atoms with Crippen molar-refractivity contribution in [3.8, 4) is 0 Å². The van der Waals surface area contributed by atoms with Gasteiger partial charge in [0.15, 0.2) is 0 Å². The zero-order valence-corrected chi connectivity index (χ0v) is 12.4. The lowest BCUT2D eigenvalue weighted by Crippen LogP contribution is -2.65.